The van der Waals surface area contributed by atoms with Gasteiger partial charge in [0, 0.05) is 45.4 Å². The molecule has 0 bridgehead atoms. The molecule has 0 aliphatic rings. The van der Waals surface area contributed by atoms with Gasteiger partial charge in [0.2, 0.25) is 4.80 Å². The molecule has 0 saturated heterocycles. The van der Waals surface area contributed by atoms with E-state index in [9.17, 15) is 4.79 Å². The Balaban J connectivity index is 1.32. The smallest absolute Gasteiger partial charge is 0.346 e. The Morgan fingerprint density at radius 1 is 0.943 bits per heavy atom. The summed E-state index contributed by atoms with van der Waals surface area (Å²) in [5.74, 6) is 4.30. The first-order chi connectivity index (χ1) is 16.9. The Bertz CT molecular complexity index is 1870. The number of nitrogens with two attached hydrogens (primary N) is 1. The number of hydrogen-bond donors (Lipinski definition) is 2. The lowest BCUT2D eigenvalue weighted by Crippen LogP contribution is -2.12. The van der Waals surface area contributed by atoms with Gasteiger partial charge >= 0.3 is 5.97 Å². The SMILES string of the molecule is Cn1/c(=N/N)sc2cc(-c3cc4sc(-c5cc6sc(/C=C(/C#N)C(=O)O)cc6s5)cc4s3)ccc21. The highest BCUT2D eigenvalue weighted by atomic mass is 32.1. The van der Waals surface area contributed by atoms with E-state index in [0.717, 1.165) is 29.3 Å². The second kappa shape index (κ2) is 8.44. The van der Waals surface area contributed by atoms with Gasteiger partial charge in [-0.2, -0.15) is 10.4 Å². The summed E-state index contributed by atoms with van der Waals surface area (Å²) in [6.07, 6.45) is 1.43. The van der Waals surface area contributed by atoms with Crippen molar-refractivity contribution < 1.29 is 9.90 Å². The van der Waals surface area contributed by atoms with Gasteiger partial charge in [-0.05, 0) is 48.0 Å². The number of rotatable bonds is 4. The zero-order chi connectivity index (χ0) is 24.3. The molecule has 0 atom stereocenters. The van der Waals surface area contributed by atoms with Crippen LogP contribution in [0.3, 0.4) is 0 Å². The maximum atomic E-state index is 11.1. The summed E-state index contributed by atoms with van der Waals surface area (Å²) >= 11 is 8.34. The van der Waals surface area contributed by atoms with E-state index in [1.165, 1.54) is 47.0 Å². The first kappa shape index (κ1) is 22.2. The van der Waals surface area contributed by atoms with Crippen LogP contribution in [0.1, 0.15) is 4.88 Å². The van der Waals surface area contributed by atoms with Gasteiger partial charge in [-0.3, -0.25) is 0 Å². The predicted molar refractivity (Wildman–Crippen MR) is 149 cm³/mol. The van der Waals surface area contributed by atoms with Gasteiger partial charge in [-0.25, -0.2) is 4.79 Å². The molecule has 0 aliphatic heterocycles. The molecule has 0 aliphatic carbocycles. The zero-order valence-electron chi connectivity index (χ0n) is 17.9. The highest BCUT2D eigenvalue weighted by Gasteiger charge is 2.15. The van der Waals surface area contributed by atoms with Crippen LogP contribution in [-0.2, 0) is 11.8 Å². The third-order valence-corrected chi connectivity index (χ3v) is 11.4. The number of benzene rings is 1. The van der Waals surface area contributed by atoms with E-state index in [4.69, 9.17) is 16.2 Å². The second-order valence-electron chi connectivity index (χ2n) is 7.67. The van der Waals surface area contributed by atoms with Crippen molar-refractivity contribution in [3.05, 3.63) is 57.7 Å². The quantitative estimate of drug-likeness (QED) is 0.108. The van der Waals surface area contributed by atoms with Crippen LogP contribution in [0.15, 0.2) is 53.1 Å². The molecule has 6 nitrogen and oxygen atoms in total. The number of carboxylic acids is 1. The van der Waals surface area contributed by atoms with E-state index in [0.29, 0.717) is 0 Å². The molecule has 5 heterocycles. The fourth-order valence-electron chi connectivity index (χ4n) is 3.84. The molecule has 0 unspecified atom stereocenters. The number of fused-ring (bicyclic) bond motifs is 3. The molecule has 0 fully saturated rings. The molecule has 172 valence electrons. The summed E-state index contributed by atoms with van der Waals surface area (Å²) < 4.78 is 7.87. The Hall–Kier alpha value is -3.27. The van der Waals surface area contributed by atoms with Gasteiger partial charge in [-0.1, -0.05) is 17.4 Å². The number of nitriles is 1. The number of carbonyl (C=O) groups is 1. The normalized spacial score (nSPS) is 12.8. The molecule has 3 N–H and O–H groups in total. The van der Waals surface area contributed by atoms with E-state index in [-0.39, 0.29) is 5.57 Å². The lowest BCUT2D eigenvalue weighted by molar-refractivity contribution is -0.132. The Morgan fingerprint density at radius 2 is 1.57 bits per heavy atom. The molecule has 35 heavy (non-hydrogen) atoms. The lowest BCUT2D eigenvalue weighted by Gasteiger charge is -1.99. The molecule has 0 radical (unpaired) electrons. The predicted octanol–water partition coefficient (Wildman–Crippen LogP) is 6.89. The van der Waals surface area contributed by atoms with Crippen molar-refractivity contribution in [2.45, 2.75) is 0 Å². The number of thiazole rings is 1. The monoisotopic (exact) mass is 550 g/mol. The number of aromatic nitrogens is 1. The second-order valence-corrected chi connectivity index (χ2v) is 13.0. The van der Waals surface area contributed by atoms with Gasteiger partial charge in [0.25, 0.3) is 0 Å². The van der Waals surface area contributed by atoms with Gasteiger partial charge < -0.3 is 15.5 Å². The minimum absolute atomic E-state index is 0.254. The Morgan fingerprint density at radius 3 is 2.20 bits per heavy atom. The Kier molecular flexibility index (Phi) is 5.36. The maximum absolute atomic E-state index is 11.1. The first-order valence-corrected chi connectivity index (χ1v) is 14.3. The maximum Gasteiger partial charge on any atom is 0.346 e. The van der Waals surface area contributed by atoms with E-state index in [1.54, 1.807) is 51.4 Å². The molecule has 0 amide bonds. The molecule has 0 saturated carbocycles. The van der Waals surface area contributed by atoms with Gasteiger partial charge in [0.1, 0.15) is 11.6 Å². The van der Waals surface area contributed by atoms with Gasteiger partial charge in [0.15, 0.2) is 0 Å². The third-order valence-electron chi connectivity index (χ3n) is 5.52. The summed E-state index contributed by atoms with van der Waals surface area (Å²) in [6.45, 7) is 0. The van der Waals surface area contributed by atoms with Crippen LogP contribution >= 0.6 is 56.7 Å². The van der Waals surface area contributed by atoms with Crippen molar-refractivity contribution in [2.24, 2.45) is 18.0 Å². The summed E-state index contributed by atoms with van der Waals surface area (Å²) in [6, 6.07) is 16.8. The minimum atomic E-state index is -1.21. The first-order valence-electron chi connectivity index (χ1n) is 10.2. The third kappa shape index (κ3) is 3.80. The molecule has 11 heteroatoms. The number of nitrogens with zero attached hydrogens (tertiary/aromatic N) is 3. The van der Waals surface area contributed by atoms with Crippen molar-refractivity contribution in [3.63, 3.8) is 0 Å². The van der Waals surface area contributed by atoms with Crippen molar-refractivity contribution >= 4 is 97.7 Å². The highest BCUT2D eigenvalue weighted by Crippen LogP contribution is 2.46. The van der Waals surface area contributed by atoms with Gasteiger partial charge in [-0.15, -0.1) is 45.3 Å². The lowest BCUT2D eigenvalue weighted by atomic mass is 10.2. The number of aliphatic carboxylic acids is 1. The van der Waals surface area contributed by atoms with E-state index in [1.807, 2.05) is 17.7 Å². The van der Waals surface area contributed by atoms with Crippen LogP contribution < -0.4 is 10.6 Å². The molecule has 5 aromatic heterocycles. The van der Waals surface area contributed by atoms with Crippen LogP contribution in [0, 0.1) is 11.3 Å². The summed E-state index contributed by atoms with van der Waals surface area (Å²) in [5, 5.41) is 21.9. The van der Waals surface area contributed by atoms with Crippen molar-refractivity contribution in [2.75, 3.05) is 0 Å². The Labute approximate surface area is 218 Å². The van der Waals surface area contributed by atoms with Crippen LogP contribution in [0.5, 0.6) is 0 Å². The largest absolute Gasteiger partial charge is 0.477 e. The zero-order valence-corrected chi connectivity index (χ0v) is 22.0. The summed E-state index contributed by atoms with van der Waals surface area (Å²) in [5.41, 5.74) is 2.05. The van der Waals surface area contributed by atoms with Crippen LogP contribution in [0.4, 0.5) is 0 Å². The summed E-state index contributed by atoms with van der Waals surface area (Å²) in [7, 11) is 1.97. The number of aryl methyl sites for hydroxylation is 1. The molecular weight excluding hydrogens is 537 g/mol. The van der Waals surface area contributed by atoms with Crippen LogP contribution in [0.2, 0.25) is 0 Å². The minimum Gasteiger partial charge on any atom is -0.477 e. The van der Waals surface area contributed by atoms with E-state index < -0.39 is 5.97 Å². The fraction of sp³-hybridized carbons (Fsp3) is 0.0417. The average Bonchev–Trinajstić information content (AvgIpc) is 3.62. The molecule has 0 spiro atoms. The topological polar surface area (TPSA) is 104 Å². The van der Waals surface area contributed by atoms with Crippen molar-refractivity contribution in [1.82, 2.24) is 4.57 Å². The average molecular weight is 551 g/mol. The van der Waals surface area contributed by atoms with E-state index in [2.05, 4.69) is 41.5 Å². The molecule has 1 aromatic carbocycles. The van der Waals surface area contributed by atoms with Crippen molar-refractivity contribution in [3.8, 4) is 26.3 Å². The summed E-state index contributed by atoms with van der Waals surface area (Å²) in [4.78, 5) is 16.3. The van der Waals surface area contributed by atoms with Gasteiger partial charge in [0.05, 0.1) is 10.2 Å². The standard InChI is InChI=1S/C24H14N4O2S5/c1-28-14-3-2-11(5-16(14)35-24(28)27-26)15-7-19-20(32-15)9-22(34-19)21-8-18-17(33-21)6-13(31-18)4-12(10-25)23(29)30/h2-9H,26H2,1H3,(H,29,30)/b12-4-,27-24-. The number of thiophene rings is 4. The van der Waals surface area contributed by atoms with E-state index >= 15 is 0 Å². The highest BCUT2D eigenvalue weighted by molar-refractivity contribution is 7.34. The molecule has 6 rings (SSSR count). The molecular formula is C24H14N4O2S5. The molecule has 6 aromatic rings. The number of carboxylic acid groups (broad SMARTS) is 1. The van der Waals surface area contributed by atoms with Crippen LogP contribution in [0.25, 0.3) is 55.3 Å². The fourth-order valence-corrected chi connectivity index (χ4v) is 9.63. The van der Waals surface area contributed by atoms with Crippen LogP contribution in [-0.4, -0.2) is 15.6 Å². The number of hydrogen-bond acceptors (Lipinski definition) is 9. The van der Waals surface area contributed by atoms with Crippen molar-refractivity contribution in [1.29, 1.82) is 5.26 Å².